The van der Waals surface area contributed by atoms with Crippen molar-refractivity contribution < 1.29 is 19.1 Å². The molecule has 0 bridgehead atoms. The fourth-order valence-electron chi connectivity index (χ4n) is 3.52. The molecule has 1 aliphatic rings. The molecule has 1 aromatic carbocycles. The number of nitrogens with zero attached hydrogens (tertiary/aromatic N) is 3. The van der Waals surface area contributed by atoms with Gasteiger partial charge in [0.1, 0.15) is 11.5 Å². The highest BCUT2D eigenvalue weighted by Crippen LogP contribution is 2.25. The lowest BCUT2D eigenvalue weighted by atomic mass is 10.1. The molecule has 1 aromatic rings. The molecular formula is C21H33N3O4. The molecule has 7 heteroatoms. The van der Waals surface area contributed by atoms with Crippen LogP contribution in [0.2, 0.25) is 0 Å². The normalized spacial score (nSPS) is 15.1. The first-order valence-corrected chi connectivity index (χ1v) is 10.0. The van der Waals surface area contributed by atoms with Gasteiger partial charge in [-0.3, -0.25) is 14.5 Å². The Morgan fingerprint density at radius 1 is 1.04 bits per heavy atom. The van der Waals surface area contributed by atoms with Crippen molar-refractivity contribution in [1.29, 1.82) is 0 Å². The average Bonchev–Trinajstić information content (AvgIpc) is 2.94. The fraction of sp³-hybridized carbons (Fsp3) is 0.619. The van der Waals surface area contributed by atoms with Crippen LogP contribution in [0.3, 0.4) is 0 Å². The summed E-state index contributed by atoms with van der Waals surface area (Å²) in [5.41, 5.74) is 0.853. The molecule has 0 saturated carbocycles. The van der Waals surface area contributed by atoms with E-state index in [0.717, 1.165) is 38.2 Å². The molecule has 2 amide bonds. The highest BCUT2D eigenvalue weighted by Gasteiger charge is 2.22. The minimum atomic E-state index is 0.0837. The van der Waals surface area contributed by atoms with Gasteiger partial charge in [-0.2, -0.15) is 0 Å². The second-order valence-electron chi connectivity index (χ2n) is 6.93. The summed E-state index contributed by atoms with van der Waals surface area (Å²) >= 11 is 0. The number of benzene rings is 1. The minimum absolute atomic E-state index is 0.0837. The van der Waals surface area contributed by atoms with Crippen LogP contribution in [-0.4, -0.2) is 86.5 Å². The van der Waals surface area contributed by atoms with Crippen LogP contribution in [0, 0.1) is 0 Å². The van der Waals surface area contributed by atoms with Crippen molar-refractivity contribution in [3.8, 4) is 11.5 Å². The molecule has 1 saturated heterocycles. The van der Waals surface area contributed by atoms with Crippen molar-refractivity contribution >= 4 is 11.8 Å². The molecule has 0 radical (unpaired) electrons. The Morgan fingerprint density at radius 3 is 2.43 bits per heavy atom. The van der Waals surface area contributed by atoms with E-state index < -0.39 is 0 Å². The average molecular weight is 392 g/mol. The van der Waals surface area contributed by atoms with Crippen LogP contribution in [0.15, 0.2) is 18.2 Å². The quantitative estimate of drug-likeness (QED) is 0.674. The van der Waals surface area contributed by atoms with E-state index in [1.807, 2.05) is 35.8 Å². The van der Waals surface area contributed by atoms with Crippen LogP contribution in [0.4, 0.5) is 0 Å². The van der Waals surface area contributed by atoms with E-state index in [1.165, 1.54) is 0 Å². The topological polar surface area (TPSA) is 62.3 Å². The third-order valence-corrected chi connectivity index (χ3v) is 5.25. The van der Waals surface area contributed by atoms with Crippen LogP contribution in [-0.2, 0) is 16.0 Å². The molecule has 28 heavy (non-hydrogen) atoms. The molecule has 7 nitrogen and oxygen atoms in total. The molecule has 2 rings (SSSR count). The standard InChI is InChI=1S/C21H33N3O4/c1-5-23(6-2)21(26)16-22-10-7-11-24(13-12-22)20(25)14-17-8-9-18(27-3)15-19(17)28-4/h8-9,15H,5-7,10-14,16H2,1-4H3. The first-order chi connectivity index (χ1) is 13.5. The Balaban J connectivity index is 1.93. The number of amides is 2. The zero-order chi connectivity index (χ0) is 20.5. The lowest BCUT2D eigenvalue weighted by Gasteiger charge is -2.25. The number of ether oxygens (including phenoxy) is 2. The van der Waals surface area contributed by atoms with Gasteiger partial charge in [0.2, 0.25) is 11.8 Å². The van der Waals surface area contributed by atoms with Gasteiger partial charge in [0.15, 0.2) is 0 Å². The summed E-state index contributed by atoms with van der Waals surface area (Å²) in [5.74, 6) is 1.61. The second-order valence-corrected chi connectivity index (χ2v) is 6.93. The number of carbonyl (C=O) groups excluding carboxylic acids is 2. The van der Waals surface area contributed by atoms with Crippen LogP contribution < -0.4 is 9.47 Å². The number of hydrogen-bond acceptors (Lipinski definition) is 5. The summed E-state index contributed by atoms with van der Waals surface area (Å²) in [4.78, 5) is 31.1. The van der Waals surface area contributed by atoms with Crippen LogP contribution in [0.5, 0.6) is 11.5 Å². The lowest BCUT2D eigenvalue weighted by molar-refractivity contribution is -0.132. The largest absolute Gasteiger partial charge is 0.497 e. The van der Waals surface area contributed by atoms with E-state index in [4.69, 9.17) is 9.47 Å². The van der Waals surface area contributed by atoms with Crippen molar-refractivity contribution in [2.45, 2.75) is 26.7 Å². The van der Waals surface area contributed by atoms with Gasteiger partial charge < -0.3 is 19.3 Å². The molecule has 0 aromatic heterocycles. The van der Waals surface area contributed by atoms with Crippen LogP contribution >= 0.6 is 0 Å². The summed E-state index contributed by atoms with van der Waals surface area (Å²) in [7, 11) is 3.20. The van der Waals surface area contributed by atoms with E-state index in [1.54, 1.807) is 20.3 Å². The number of rotatable bonds is 8. The highest BCUT2D eigenvalue weighted by molar-refractivity contribution is 5.80. The van der Waals surface area contributed by atoms with Crippen LogP contribution in [0.1, 0.15) is 25.8 Å². The van der Waals surface area contributed by atoms with Gasteiger partial charge in [-0.15, -0.1) is 0 Å². The van der Waals surface area contributed by atoms with E-state index >= 15 is 0 Å². The van der Waals surface area contributed by atoms with Crippen molar-refractivity contribution in [1.82, 2.24) is 14.7 Å². The Labute approximate surface area is 168 Å². The van der Waals surface area contributed by atoms with Gasteiger partial charge in [-0.25, -0.2) is 0 Å². The lowest BCUT2D eigenvalue weighted by Crippen LogP contribution is -2.42. The first-order valence-electron chi connectivity index (χ1n) is 10.0. The number of methoxy groups -OCH3 is 2. The molecule has 156 valence electrons. The SMILES string of the molecule is CCN(CC)C(=O)CN1CCCN(C(=O)Cc2ccc(OC)cc2OC)CC1. The van der Waals surface area contributed by atoms with Crippen molar-refractivity contribution in [2.75, 3.05) is 60.0 Å². The summed E-state index contributed by atoms with van der Waals surface area (Å²) in [6.07, 6.45) is 1.17. The van der Waals surface area contributed by atoms with E-state index in [0.29, 0.717) is 37.6 Å². The van der Waals surface area contributed by atoms with Crippen molar-refractivity contribution in [2.24, 2.45) is 0 Å². The maximum absolute atomic E-state index is 12.8. The molecule has 0 N–H and O–H groups in total. The third-order valence-electron chi connectivity index (χ3n) is 5.25. The zero-order valence-electron chi connectivity index (χ0n) is 17.6. The van der Waals surface area contributed by atoms with Gasteiger partial charge in [-0.05, 0) is 26.3 Å². The van der Waals surface area contributed by atoms with Gasteiger partial charge in [0.25, 0.3) is 0 Å². The second kappa shape index (κ2) is 10.9. The van der Waals surface area contributed by atoms with Crippen molar-refractivity contribution in [3.05, 3.63) is 23.8 Å². The molecule has 1 aliphatic heterocycles. The molecule has 1 fully saturated rings. The minimum Gasteiger partial charge on any atom is -0.497 e. The van der Waals surface area contributed by atoms with Crippen molar-refractivity contribution in [3.63, 3.8) is 0 Å². The maximum atomic E-state index is 12.8. The molecule has 0 atom stereocenters. The third kappa shape index (κ3) is 5.86. The zero-order valence-corrected chi connectivity index (χ0v) is 17.6. The van der Waals surface area contributed by atoms with E-state index in [2.05, 4.69) is 4.90 Å². The predicted molar refractivity (Wildman–Crippen MR) is 109 cm³/mol. The summed E-state index contributed by atoms with van der Waals surface area (Å²) < 4.78 is 10.6. The molecule has 0 aliphatic carbocycles. The molecule has 1 heterocycles. The number of carbonyl (C=O) groups is 2. The Bertz CT molecular complexity index is 661. The van der Waals surface area contributed by atoms with Gasteiger partial charge >= 0.3 is 0 Å². The summed E-state index contributed by atoms with van der Waals surface area (Å²) in [6, 6.07) is 5.52. The Kier molecular flexibility index (Phi) is 8.57. The van der Waals surface area contributed by atoms with E-state index in [-0.39, 0.29) is 11.8 Å². The summed E-state index contributed by atoms with van der Waals surface area (Å²) in [5, 5.41) is 0. The molecule has 0 unspecified atom stereocenters. The van der Waals surface area contributed by atoms with Gasteiger partial charge in [0.05, 0.1) is 27.2 Å². The fourth-order valence-corrected chi connectivity index (χ4v) is 3.52. The molecule has 0 spiro atoms. The number of likely N-dealkylation sites (N-methyl/N-ethyl adjacent to an activating group) is 1. The van der Waals surface area contributed by atoms with Crippen LogP contribution in [0.25, 0.3) is 0 Å². The predicted octanol–water partition coefficient (Wildman–Crippen LogP) is 1.65. The monoisotopic (exact) mass is 391 g/mol. The first kappa shape index (κ1) is 22.0. The van der Waals surface area contributed by atoms with E-state index in [9.17, 15) is 9.59 Å². The number of hydrogen-bond donors (Lipinski definition) is 0. The summed E-state index contributed by atoms with van der Waals surface area (Å²) in [6.45, 7) is 8.80. The highest BCUT2D eigenvalue weighted by atomic mass is 16.5. The maximum Gasteiger partial charge on any atom is 0.236 e. The Hall–Kier alpha value is -2.28. The van der Waals surface area contributed by atoms with Gasteiger partial charge in [0, 0.05) is 50.9 Å². The smallest absolute Gasteiger partial charge is 0.236 e. The molecular weight excluding hydrogens is 358 g/mol. The Morgan fingerprint density at radius 2 is 1.79 bits per heavy atom. The van der Waals surface area contributed by atoms with Gasteiger partial charge in [-0.1, -0.05) is 6.07 Å².